The predicted octanol–water partition coefficient (Wildman–Crippen LogP) is 3.36. The number of hydrogen-bond acceptors (Lipinski definition) is 4. The summed E-state index contributed by atoms with van der Waals surface area (Å²) in [6.07, 6.45) is 1.72. The van der Waals surface area contributed by atoms with Crippen LogP contribution >= 0.6 is 0 Å². The van der Waals surface area contributed by atoms with Gasteiger partial charge in [0, 0.05) is 17.8 Å². The highest BCUT2D eigenvalue weighted by molar-refractivity contribution is 6.00. The number of aliphatic hydroxyl groups is 1. The largest absolute Gasteiger partial charge is 0.462 e. The van der Waals surface area contributed by atoms with Gasteiger partial charge >= 0.3 is 12.0 Å². The molecule has 0 spiro atoms. The SMILES string of the molecule is CCOC(=O)c1ccc(NC(=O)Nc2cccc3c2CC(O)CC3)cc1. The highest BCUT2D eigenvalue weighted by Crippen LogP contribution is 2.28. The highest BCUT2D eigenvalue weighted by atomic mass is 16.5. The average Bonchev–Trinajstić information content (AvgIpc) is 2.63. The summed E-state index contributed by atoms with van der Waals surface area (Å²) in [4.78, 5) is 23.9. The van der Waals surface area contributed by atoms with E-state index in [0.29, 0.717) is 30.0 Å². The molecule has 0 saturated carbocycles. The highest BCUT2D eigenvalue weighted by Gasteiger charge is 2.20. The predicted molar refractivity (Wildman–Crippen MR) is 99.5 cm³/mol. The van der Waals surface area contributed by atoms with E-state index in [4.69, 9.17) is 4.74 Å². The van der Waals surface area contributed by atoms with E-state index in [-0.39, 0.29) is 12.1 Å². The lowest BCUT2D eigenvalue weighted by Gasteiger charge is -2.23. The van der Waals surface area contributed by atoms with Crippen molar-refractivity contribution >= 4 is 23.4 Å². The van der Waals surface area contributed by atoms with Gasteiger partial charge in [0.15, 0.2) is 0 Å². The van der Waals surface area contributed by atoms with Crippen LogP contribution in [0.2, 0.25) is 0 Å². The fraction of sp³-hybridized carbons (Fsp3) is 0.300. The van der Waals surface area contributed by atoms with Gasteiger partial charge in [-0.15, -0.1) is 0 Å². The molecule has 136 valence electrons. The third-order valence-corrected chi connectivity index (χ3v) is 4.36. The van der Waals surface area contributed by atoms with Gasteiger partial charge in [-0.2, -0.15) is 0 Å². The zero-order chi connectivity index (χ0) is 18.5. The van der Waals surface area contributed by atoms with Crippen LogP contribution < -0.4 is 10.6 Å². The summed E-state index contributed by atoms with van der Waals surface area (Å²) in [7, 11) is 0. The lowest BCUT2D eigenvalue weighted by molar-refractivity contribution is 0.0526. The molecule has 1 aliphatic carbocycles. The maximum atomic E-state index is 12.3. The fourth-order valence-corrected chi connectivity index (χ4v) is 3.08. The van der Waals surface area contributed by atoms with Crippen molar-refractivity contribution in [2.24, 2.45) is 0 Å². The zero-order valence-electron chi connectivity index (χ0n) is 14.6. The second-order valence-corrected chi connectivity index (χ2v) is 6.22. The van der Waals surface area contributed by atoms with Crippen molar-refractivity contribution < 1.29 is 19.4 Å². The quantitative estimate of drug-likeness (QED) is 0.735. The van der Waals surface area contributed by atoms with Crippen molar-refractivity contribution in [3.8, 4) is 0 Å². The number of esters is 1. The third-order valence-electron chi connectivity index (χ3n) is 4.36. The van der Waals surface area contributed by atoms with Gasteiger partial charge in [-0.05, 0) is 61.2 Å². The Hall–Kier alpha value is -2.86. The van der Waals surface area contributed by atoms with Crippen LogP contribution in [0.1, 0.15) is 34.8 Å². The van der Waals surface area contributed by atoms with Crippen LogP contribution in [0.25, 0.3) is 0 Å². The van der Waals surface area contributed by atoms with Gasteiger partial charge in [0.1, 0.15) is 0 Å². The van der Waals surface area contributed by atoms with Crippen LogP contribution in [0.5, 0.6) is 0 Å². The van der Waals surface area contributed by atoms with E-state index in [0.717, 1.165) is 24.0 Å². The normalized spacial score (nSPS) is 15.7. The molecule has 26 heavy (non-hydrogen) atoms. The van der Waals surface area contributed by atoms with Crippen LogP contribution in [0.4, 0.5) is 16.2 Å². The molecular weight excluding hydrogens is 332 g/mol. The van der Waals surface area contributed by atoms with Crippen molar-refractivity contribution in [2.45, 2.75) is 32.3 Å². The number of fused-ring (bicyclic) bond motifs is 1. The van der Waals surface area contributed by atoms with Crippen LogP contribution in [0, 0.1) is 0 Å². The zero-order valence-corrected chi connectivity index (χ0v) is 14.6. The smallest absolute Gasteiger partial charge is 0.338 e. The third kappa shape index (κ3) is 4.21. The summed E-state index contributed by atoms with van der Waals surface area (Å²) in [5.74, 6) is -0.391. The molecule has 2 aromatic carbocycles. The first kappa shape index (κ1) is 17.9. The molecule has 2 amide bonds. The molecule has 6 heteroatoms. The summed E-state index contributed by atoms with van der Waals surface area (Å²) in [6.45, 7) is 2.07. The van der Waals surface area contributed by atoms with Crippen LogP contribution in [0.15, 0.2) is 42.5 Å². The van der Waals surface area contributed by atoms with Gasteiger partial charge in [-0.3, -0.25) is 0 Å². The molecule has 0 saturated heterocycles. The molecule has 0 bridgehead atoms. The van der Waals surface area contributed by atoms with Crippen LogP contribution in [-0.2, 0) is 17.6 Å². The first-order valence-corrected chi connectivity index (χ1v) is 8.71. The van der Waals surface area contributed by atoms with Crippen molar-refractivity contribution in [1.29, 1.82) is 0 Å². The average molecular weight is 354 g/mol. The van der Waals surface area contributed by atoms with Gasteiger partial charge < -0.3 is 20.5 Å². The number of hydrogen-bond donors (Lipinski definition) is 3. The lowest BCUT2D eigenvalue weighted by Crippen LogP contribution is -2.24. The van der Waals surface area contributed by atoms with E-state index in [1.54, 1.807) is 31.2 Å². The summed E-state index contributed by atoms with van der Waals surface area (Å²) in [5, 5.41) is 15.5. The number of amides is 2. The monoisotopic (exact) mass is 354 g/mol. The van der Waals surface area contributed by atoms with E-state index in [2.05, 4.69) is 10.6 Å². The second kappa shape index (κ2) is 8.01. The molecule has 0 aromatic heterocycles. The molecule has 1 atom stereocenters. The molecule has 0 fully saturated rings. The summed E-state index contributed by atoms with van der Waals surface area (Å²) in [6, 6.07) is 11.9. The Labute approximate surface area is 152 Å². The maximum Gasteiger partial charge on any atom is 0.338 e. The molecule has 1 aliphatic rings. The van der Waals surface area contributed by atoms with Gasteiger partial charge in [0.2, 0.25) is 0 Å². The van der Waals surface area contributed by atoms with E-state index in [9.17, 15) is 14.7 Å². The lowest BCUT2D eigenvalue weighted by atomic mass is 9.88. The number of carbonyl (C=O) groups excluding carboxylic acids is 2. The van der Waals surface area contributed by atoms with Crippen molar-refractivity contribution in [1.82, 2.24) is 0 Å². The fourth-order valence-electron chi connectivity index (χ4n) is 3.08. The Kier molecular flexibility index (Phi) is 5.53. The Balaban J connectivity index is 1.65. The molecule has 6 nitrogen and oxygen atoms in total. The van der Waals surface area contributed by atoms with Gasteiger partial charge in [0.25, 0.3) is 0 Å². The Morgan fingerprint density at radius 2 is 1.92 bits per heavy atom. The standard InChI is InChI=1S/C20H22N2O4/c1-2-26-19(24)14-6-9-15(10-7-14)21-20(25)22-18-5-3-4-13-8-11-16(23)12-17(13)18/h3-7,9-10,16,23H,2,8,11-12H2,1H3,(H2,21,22,25). The minimum absolute atomic E-state index is 0.317. The van der Waals surface area contributed by atoms with E-state index < -0.39 is 5.97 Å². The number of aryl methyl sites for hydroxylation is 1. The van der Waals surface area contributed by atoms with Crippen molar-refractivity contribution in [3.05, 3.63) is 59.2 Å². The first-order valence-electron chi connectivity index (χ1n) is 8.71. The Bertz CT molecular complexity index is 802. The van der Waals surface area contributed by atoms with Crippen molar-refractivity contribution in [3.63, 3.8) is 0 Å². The number of carbonyl (C=O) groups is 2. The number of rotatable bonds is 4. The van der Waals surface area contributed by atoms with Crippen molar-refractivity contribution in [2.75, 3.05) is 17.2 Å². The first-order chi connectivity index (χ1) is 12.6. The van der Waals surface area contributed by atoms with E-state index in [1.807, 2.05) is 18.2 Å². The molecule has 2 aromatic rings. The van der Waals surface area contributed by atoms with Gasteiger partial charge in [-0.1, -0.05) is 12.1 Å². The molecule has 1 unspecified atom stereocenters. The number of benzene rings is 2. The minimum atomic E-state index is -0.391. The van der Waals surface area contributed by atoms with Gasteiger partial charge in [-0.25, -0.2) is 9.59 Å². The number of ether oxygens (including phenoxy) is 1. The number of nitrogens with one attached hydrogen (secondary N) is 2. The second-order valence-electron chi connectivity index (χ2n) is 6.22. The number of urea groups is 1. The summed E-state index contributed by atoms with van der Waals surface area (Å²) < 4.78 is 4.93. The Morgan fingerprint density at radius 3 is 2.65 bits per heavy atom. The summed E-state index contributed by atoms with van der Waals surface area (Å²) in [5.41, 5.74) is 3.86. The van der Waals surface area contributed by atoms with Gasteiger partial charge in [0.05, 0.1) is 18.3 Å². The Morgan fingerprint density at radius 1 is 1.15 bits per heavy atom. The topological polar surface area (TPSA) is 87.7 Å². The molecule has 3 rings (SSSR count). The maximum absolute atomic E-state index is 12.3. The molecular formula is C20H22N2O4. The van der Waals surface area contributed by atoms with E-state index in [1.165, 1.54) is 0 Å². The molecule has 3 N–H and O–H groups in total. The number of anilines is 2. The molecule has 0 heterocycles. The molecule has 0 aliphatic heterocycles. The van der Waals surface area contributed by atoms with Crippen LogP contribution in [0.3, 0.4) is 0 Å². The number of aliphatic hydroxyl groups excluding tert-OH is 1. The van der Waals surface area contributed by atoms with Crippen LogP contribution in [-0.4, -0.2) is 29.8 Å². The minimum Gasteiger partial charge on any atom is -0.462 e. The summed E-state index contributed by atoms with van der Waals surface area (Å²) >= 11 is 0. The molecule has 0 radical (unpaired) electrons. The van der Waals surface area contributed by atoms with E-state index >= 15 is 0 Å².